The van der Waals surface area contributed by atoms with Crippen molar-refractivity contribution >= 4 is 17.5 Å². The highest BCUT2D eigenvalue weighted by atomic mass is 16.6. The molecule has 0 spiro atoms. The molecule has 7 nitrogen and oxygen atoms in total. The summed E-state index contributed by atoms with van der Waals surface area (Å²) in [5.74, 6) is 1.52. The maximum Gasteiger partial charge on any atom is 0.228 e. The van der Waals surface area contributed by atoms with E-state index in [1.807, 2.05) is 19.1 Å². The summed E-state index contributed by atoms with van der Waals surface area (Å²) in [4.78, 5) is 28.7. The monoisotopic (exact) mass is 370 g/mol. The van der Waals surface area contributed by atoms with E-state index in [0.29, 0.717) is 31.3 Å². The summed E-state index contributed by atoms with van der Waals surface area (Å²) in [6.45, 7) is 3.27. The van der Waals surface area contributed by atoms with E-state index >= 15 is 0 Å². The Bertz CT molecular complexity index is 848. The van der Waals surface area contributed by atoms with Gasteiger partial charge in [0, 0.05) is 31.8 Å². The summed E-state index contributed by atoms with van der Waals surface area (Å²) in [5, 5.41) is 0. The third-order valence-corrected chi connectivity index (χ3v) is 5.20. The first kappa shape index (κ1) is 17.5. The van der Waals surface area contributed by atoms with Crippen LogP contribution in [-0.2, 0) is 9.59 Å². The summed E-state index contributed by atoms with van der Waals surface area (Å²) in [7, 11) is 1.74. The van der Waals surface area contributed by atoms with E-state index in [9.17, 15) is 9.59 Å². The minimum atomic E-state index is -0.381. The standard InChI is InChI=1S/C20H22N2O5/c1-13(16-4-3-7-25-16)21(2)20(24)14-10-19(23)22(12-14)15-5-6-17-18(11-15)27-9-8-26-17/h3-7,11,13-14H,8-10,12H2,1-2H3. The molecule has 0 bridgehead atoms. The molecule has 0 saturated carbocycles. The highest BCUT2D eigenvalue weighted by molar-refractivity contribution is 6.00. The van der Waals surface area contributed by atoms with Gasteiger partial charge >= 0.3 is 0 Å². The van der Waals surface area contributed by atoms with Crippen LogP contribution >= 0.6 is 0 Å². The molecule has 1 saturated heterocycles. The summed E-state index contributed by atoms with van der Waals surface area (Å²) >= 11 is 0. The summed E-state index contributed by atoms with van der Waals surface area (Å²) in [6.07, 6.45) is 1.79. The normalized spacial score (nSPS) is 19.9. The number of hydrogen-bond donors (Lipinski definition) is 0. The Balaban J connectivity index is 1.48. The van der Waals surface area contributed by atoms with Gasteiger partial charge in [-0.15, -0.1) is 0 Å². The van der Waals surface area contributed by atoms with Crippen LogP contribution in [0.3, 0.4) is 0 Å². The lowest BCUT2D eigenvalue weighted by molar-refractivity contribution is -0.136. The van der Waals surface area contributed by atoms with E-state index in [0.717, 1.165) is 11.4 Å². The predicted octanol–water partition coefficient (Wildman–Crippen LogP) is 2.62. The van der Waals surface area contributed by atoms with E-state index in [1.54, 1.807) is 41.3 Å². The van der Waals surface area contributed by atoms with Crippen LogP contribution in [0.5, 0.6) is 11.5 Å². The van der Waals surface area contributed by atoms with Gasteiger partial charge in [-0.1, -0.05) is 0 Å². The van der Waals surface area contributed by atoms with Crippen LogP contribution in [-0.4, -0.2) is 43.5 Å². The summed E-state index contributed by atoms with van der Waals surface area (Å²) in [5.41, 5.74) is 0.723. The average Bonchev–Trinajstić information content (AvgIpc) is 3.36. The first-order chi connectivity index (χ1) is 13.0. The van der Waals surface area contributed by atoms with Gasteiger partial charge in [-0.05, 0) is 31.2 Å². The zero-order valence-electron chi connectivity index (χ0n) is 15.4. The summed E-state index contributed by atoms with van der Waals surface area (Å²) in [6, 6.07) is 8.88. The molecule has 142 valence electrons. The van der Waals surface area contributed by atoms with Crippen LogP contribution in [0.1, 0.15) is 25.1 Å². The third-order valence-electron chi connectivity index (χ3n) is 5.20. The van der Waals surface area contributed by atoms with Gasteiger partial charge in [0.15, 0.2) is 11.5 Å². The Kier molecular flexibility index (Phi) is 4.51. The van der Waals surface area contributed by atoms with Crippen molar-refractivity contribution < 1.29 is 23.5 Å². The molecule has 1 aromatic heterocycles. The summed E-state index contributed by atoms with van der Waals surface area (Å²) < 4.78 is 16.5. The number of carbonyl (C=O) groups excluding carboxylic acids is 2. The minimum Gasteiger partial charge on any atom is -0.486 e. The molecule has 7 heteroatoms. The molecule has 2 aliphatic rings. The van der Waals surface area contributed by atoms with Crippen LogP contribution in [0.25, 0.3) is 0 Å². The molecule has 1 aromatic carbocycles. The highest BCUT2D eigenvalue weighted by Crippen LogP contribution is 2.36. The number of anilines is 1. The molecule has 2 aromatic rings. The molecular formula is C20H22N2O5. The van der Waals surface area contributed by atoms with Gasteiger partial charge in [0.2, 0.25) is 11.8 Å². The van der Waals surface area contributed by atoms with E-state index in [4.69, 9.17) is 13.9 Å². The first-order valence-corrected chi connectivity index (χ1v) is 9.04. The molecule has 27 heavy (non-hydrogen) atoms. The molecule has 0 N–H and O–H groups in total. The number of fused-ring (bicyclic) bond motifs is 1. The van der Waals surface area contributed by atoms with Gasteiger partial charge < -0.3 is 23.7 Å². The zero-order valence-corrected chi connectivity index (χ0v) is 15.4. The minimum absolute atomic E-state index is 0.0627. The quantitative estimate of drug-likeness (QED) is 0.827. The van der Waals surface area contributed by atoms with Crippen molar-refractivity contribution in [3.05, 3.63) is 42.4 Å². The third kappa shape index (κ3) is 3.25. The Hall–Kier alpha value is -2.96. The fourth-order valence-electron chi connectivity index (χ4n) is 3.52. The molecule has 0 aliphatic carbocycles. The van der Waals surface area contributed by atoms with Crippen molar-refractivity contribution in [2.45, 2.75) is 19.4 Å². The number of amides is 2. The molecule has 3 heterocycles. The Morgan fingerprint density at radius 3 is 2.74 bits per heavy atom. The molecule has 2 aliphatic heterocycles. The Morgan fingerprint density at radius 1 is 1.22 bits per heavy atom. The predicted molar refractivity (Wildman–Crippen MR) is 97.8 cm³/mol. The first-order valence-electron chi connectivity index (χ1n) is 9.04. The van der Waals surface area contributed by atoms with Gasteiger partial charge in [0.25, 0.3) is 0 Å². The van der Waals surface area contributed by atoms with Gasteiger partial charge in [-0.2, -0.15) is 0 Å². The van der Waals surface area contributed by atoms with Gasteiger partial charge in [-0.3, -0.25) is 9.59 Å². The van der Waals surface area contributed by atoms with Crippen molar-refractivity contribution in [2.75, 3.05) is 31.7 Å². The smallest absolute Gasteiger partial charge is 0.228 e. The van der Waals surface area contributed by atoms with E-state index in [1.165, 1.54) is 0 Å². The fraction of sp³-hybridized carbons (Fsp3) is 0.400. The second-order valence-corrected chi connectivity index (χ2v) is 6.87. The molecule has 2 unspecified atom stereocenters. The van der Waals surface area contributed by atoms with Gasteiger partial charge in [0.1, 0.15) is 19.0 Å². The topological polar surface area (TPSA) is 72.2 Å². The lowest BCUT2D eigenvalue weighted by Gasteiger charge is -2.26. The van der Waals surface area contributed by atoms with Crippen LogP contribution in [0, 0.1) is 5.92 Å². The molecule has 4 rings (SSSR count). The fourth-order valence-corrected chi connectivity index (χ4v) is 3.52. The Labute approximate surface area is 157 Å². The van der Waals surface area contributed by atoms with E-state index < -0.39 is 0 Å². The zero-order chi connectivity index (χ0) is 19.0. The van der Waals surface area contributed by atoms with E-state index in [2.05, 4.69) is 0 Å². The lowest BCUT2D eigenvalue weighted by Crippen LogP contribution is -2.36. The molecule has 2 atom stereocenters. The maximum absolute atomic E-state index is 12.9. The second-order valence-electron chi connectivity index (χ2n) is 6.87. The number of nitrogens with zero attached hydrogens (tertiary/aromatic N) is 2. The second kappa shape index (κ2) is 6.98. The van der Waals surface area contributed by atoms with Crippen LogP contribution in [0.4, 0.5) is 5.69 Å². The molecule has 2 amide bonds. The van der Waals surface area contributed by atoms with Crippen LogP contribution < -0.4 is 14.4 Å². The Morgan fingerprint density at radius 2 is 2.00 bits per heavy atom. The number of ether oxygens (including phenoxy) is 2. The van der Waals surface area contributed by atoms with Gasteiger partial charge in [0.05, 0.1) is 18.2 Å². The number of hydrogen-bond acceptors (Lipinski definition) is 5. The highest BCUT2D eigenvalue weighted by Gasteiger charge is 2.38. The van der Waals surface area contributed by atoms with Gasteiger partial charge in [-0.25, -0.2) is 0 Å². The van der Waals surface area contributed by atoms with Crippen molar-refractivity contribution in [1.29, 1.82) is 0 Å². The molecular weight excluding hydrogens is 348 g/mol. The number of rotatable bonds is 4. The van der Waals surface area contributed by atoms with Crippen molar-refractivity contribution in [3.63, 3.8) is 0 Å². The number of furan rings is 1. The van der Waals surface area contributed by atoms with Crippen molar-refractivity contribution in [1.82, 2.24) is 4.90 Å². The number of carbonyl (C=O) groups is 2. The van der Waals surface area contributed by atoms with Crippen LogP contribution in [0.15, 0.2) is 41.0 Å². The number of benzene rings is 1. The average molecular weight is 370 g/mol. The SMILES string of the molecule is CC(c1ccco1)N(C)C(=O)C1CC(=O)N(c2ccc3c(c2)OCCO3)C1. The van der Waals surface area contributed by atoms with E-state index in [-0.39, 0.29) is 30.2 Å². The van der Waals surface area contributed by atoms with Crippen molar-refractivity contribution in [2.24, 2.45) is 5.92 Å². The van der Waals surface area contributed by atoms with Crippen LogP contribution in [0.2, 0.25) is 0 Å². The van der Waals surface area contributed by atoms with Crippen molar-refractivity contribution in [3.8, 4) is 11.5 Å². The maximum atomic E-state index is 12.9. The largest absolute Gasteiger partial charge is 0.486 e. The molecule has 1 fully saturated rings. The lowest BCUT2D eigenvalue weighted by atomic mass is 10.1. The molecule has 0 radical (unpaired) electrons.